The van der Waals surface area contributed by atoms with E-state index in [9.17, 15) is 13.2 Å². The summed E-state index contributed by atoms with van der Waals surface area (Å²) >= 11 is 0. The van der Waals surface area contributed by atoms with E-state index in [1.54, 1.807) is 16.4 Å². The van der Waals surface area contributed by atoms with Crippen LogP contribution in [0.15, 0.2) is 53.4 Å². The monoisotopic (exact) mass is 429 g/mol. The highest BCUT2D eigenvalue weighted by molar-refractivity contribution is 7.89. The highest BCUT2D eigenvalue weighted by Crippen LogP contribution is 2.20. The molecule has 0 spiro atoms. The fraction of sp³-hybridized carbons (Fsp3) is 0.435. The Bertz CT molecular complexity index is 931. The predicted octanol–water partition coefficient (Wildman–Crippen LogP) is 3.29. The predicted molar refractivity (Wildman–Crippen MR) is 120 cm³/mol. The first-order chi connectivity index (χ1) is 14.4. The van der Waals surface area contributed by atoms with Gasteiger partial charge in [0.15, 0.2) is 0 Å². The summed E-state index contributed by atoms with van der Waals surface area (Å²) < 4.78 is 27.3. The average molecular weight is 430 g/mol. The molecule has 1 heterocycles. The second-order valence-electron chi connectivity index (χ2n) is 7.91. The molecule has 2 aromatic rings. The van der Waals surface area contributed by atoms with Crippen molar-refractivity contribution in [2.45, 2.75) is 37.0 Å². The second-order valence-corrected chi connectivity index (χ2v) is 9.85. The molecule has 1 saturated heterocycles. The van der Waals surface area contributed by atoms with Crippen LogP contribution in [-0.4, -0.2) is 52.4 Å². The standard InChI is InChI=1S/C23H31N3O3S/c1-25(2)21-11-9-20(10-12-21)23(27)24-16-15-19-7-13-22(14-8-19)30(28,29)26-17-5-3-4-6-18-26/h7-14H,3-6,15-18H2,1-2H3,(H,24,27). The molecular weight excluding hydrogens is 398 g/mol. The first-order valence-electron chi connectivity index (χ1n) is 10.5. The number of benzene rings is 2. The van der Waals surface area contributed by atoms with Gasteiger partial charge in [0.25, 0.3) is 5.91 Å². The van der Waals surface area contributed by atoms with E-state index in [-0.39, 0.29) is 5.91 Å². The third-order valence-electron chi connectivity index (χ3n) is 5.47. The van der Waals surface area contributed by atoms with Crippen molar-refractivity contribution in [3.63, 3.8) is 0 Å². The molecule has 6 nitrogen and oxygen atoms in total. The summed E-state index contributed by atoms with van der Waals surface area (Å²) in [5, 5.41) is 2.92. The maximum Gasteiger partial charge on any atom is 0.251 e. The largest absolute Gasteiger partial charge is 0.378 e. The lowest BCUT2D eigenvalue weighted by atomic mass is 10.1. The fourth-order valence-electron chi connectivity index (χ4n) is 3.59. The van der Waals surface area contributed by atoms with Crippen LogP contribution in [0.2, 0.25) is 0 Å². The number of hydrogen-bond acceptors (Lipinski definition) is 4. The summed E-state index contributed by atoms with van der Waals surface area (Å²) in [7, 11) is 0.494. The molecule has 0 unspecified atom stereocenters. The quantitative estimate of drug-likeness (QED) is 0.733. The Kier molecular flexibility index (Phi) is 7.50. The van der Waals surface area contributed by atoms with E-state index < -0.39 is 10.0 Å². The van der Waals surface area contributed by atoms with Crippen LogP contribution in [0.3, 0.4) is 0 Å². The lowest BCUT2D eigenvalue weighted by Gasteiger charge is -2.20. The van der Waals surface area contributed by atoms with Gasteiger partial charge in [-0.05, 0) is 61.2 Å². The van der Waals surface area contributed by atoms with Crippen LogP contribution in [0.1, 0.15) is 41.6 Å². The molecule has 0 radical (unpaired) electrons. The molecule has 1 N–H and O–H groups in total. The first-order valence-corrected chi connectivity index (χ1v) is 12.0. The van der Waals surface area contributed by atoms with E-state index in [1.165, 1.54) is 0 Å². The van der Waals surface area contributed by atoms with Crippen LogP contribution in [0.5, 0.6) is 0 Å². The fourth-order valence-corrected chi connectivity index (χ4v) is 5.11. The molecular formula is C23H31N3O3S. The number of nitrogens with zero attached hydrogens (tertiary/aromatic N) is 2. The van der Waals surface area contributed by atoms with Crippen molar-refractivity contribution in [2.75, 3.05) is 38.6 Å². The molecule has 1 aliphatic heterocycles. The summed E-state index contributed by atoms with van der Waals surface area (Å²) in [5.74, 6) is -0.110. The molecule has 3 rings (SSSR count). The number of sulfonamides is 1. The normalized spacial score (nSPS) is 15.4. The Morgan fingerprint density at radius 2 is 1.53 bits per heavy atom. The van der Waals surface area contributed by atoms with Crippen molar-refractivity contribution >= 4 is 21.6 Å². The van der Waals surface area contributed by atoms with Gasteiger partial charge in [0.05, 0.1) is 4.90 Å². The molecule has 0 atom stereocenters. The number of amides is 1. The van der Waals surface area contributed by atoms with E-state index in [0.29, 0.717) is 36.5 Å². The molecule has 1 amide bonds. The number of nitrogens with one attached hydrogen (secondary N) is 1. The summed E-state index contributed by atoms with van der Waals surface area (Å²) in [6.45, 7) is 1.70. The van der Waals surface area contributed by atoms with Gasteiger partial charge < -0.3 is 10.2 Å². The summed E-state index contributed by atoms with van der Waals surface area (Å²) in [6, 6.07) is 14.5. The van der Waals surface area contributed by atoms with Crippen molar-refractivity contribution in [1.82, 2.24) is 9.62 Å². The zero-order valence-corrected chi connectivity index (χ0v) is 18.6. The first kappa shape index (κ1) is 22.3. The van der Waals surface area contributed by atoms with Crippen molar-refractivity contribution in [1.29, 1.82) is 0 Å². The molecule has 0 saturated carbocycles. The maximum absolute atomic E-state index is 12.8. The van der Waals surface area contributed by atoms with Gasteiger partial charge >= 0.3 is 0 Å². The van der Waals surface area contributed by atoms with Crippen LogP contribution in [-0.2, 0) is 16.4 Å². The second kappa shape index (κ2) is 10.1. The Balaban J connectivity index is 1.53. The minimum Gasteiger partial charge on any atom is -0.378 e. The van der Waals surface area contributed by atoms with Gasteiger partial charge in [0, 0.05) is 45.0 Å². The number of anilines is 1. The Hall–Kier alpha value is -2.38. The maximum atomic E-state index is 12.8. The Labute approximate surface area is 179 Å². The van der Waals surface area contributed by atoms with E-state index in [4.69, 9.17) is 0 Å². The smallest absolute Gasteiger partial charge is 0.251 e. The van der Waals surface area contributed by atoms with E-state index in [1.807, 2.05) is 55.4 Å². The van der Waals surface area contributed by atoms with Gasteiger partial charge in [-0.3, -0.25) is 4.79 Å². The van der Waals surface area contributed by atoms with E-state index in [0.717, 1.165) is 36.9 Å². The zero-order valence-electron chi connectivity index (χ0n) is 17.8. The molecule has 30 heavy (non-hydrogen) atoms. The number of carbonyl (C=O) groups excluding carboxylic acids is 1. The third kappa shape index (κ3) is 5.61. The van der Waals surface area contributed by atoms with Crippen LogP contribution in [0.25, 0.3) is 0 Å². The van der Waals surface area contributed by atoms with Gasteiger partial charge in [-0.15, -0.1) is 0 Å². The molecule has 1 fully saturated rings. The molecule has 0 aliphatic carbocycles. The Morgan fingerprint density at radius 3 is 2.10 bits per heavy atom. The van der Waals surface area contributed by atoms with Gasteiger partial charge in [0.1, 0.15) is 0 Å². The number of carbonyl (C=O) groups is 1. The average Bonchev–Trinajstić information content (AvgIpc) is 3.04. The van der Waals surface area contributed by atoms with Crippen LogP contribution in [0.4, 0.5) is 5.69 Å². The summed E-state index contributed by atoms with van der Waals surface area (Å²) in [4.78, 5) is 14.6. The van der Waals surface area contributed by atoms with Crippen LogP contribution >= 0.6 is 0 Å². The van der Waals surface area contributed by atoms with Crippen molar-refractivity contribution in [3.8, 4) is 0 Å². The molecule has 0 aromatic heterocycles. The minimum atomic E-state index is -3.42. The van der Waals surface area contributed by atoms with E-state index >= 15 is 0 Å². The summed E-state index contributed by atoms with van der Waals surface area (Å²) in [5.41, 5.74) is 2.66. The molecule has 2 aromatic carbocycles. The minimum absolute atomic E-state index is 0.110. The lowest BCUT2D eigenvalue weighted by molar-refractivity contribution is 0.0954. The molecule has 7 heteroatoms. The molecule has 0 bridgehead atoms. The van der Waals surface area contributed by atoms with Crippen molar-refractivity contribution in [2.24, 2.45) is 0 Å². The number of rotatable bonds is 7. The van der Waals surface area contributed by atoms with Gasteiger partial charge in [0.2, 0.25) is 10.0 Å². The zero-order chi connectivity index (χ0) is 21.6. The van der Waals surface area contributed by atoms with Gasteiger partial charge in [-0.25, -0.2) is 8.42 Å². The van der Waals surface area contributed by atoms with E-state index in [2.05, 4.69) is 5.32 Å². The third-order valence-corrected chi connectivity index (χ3v) is 7.38. The highest BCUT2D eigenvalue weighted by Gasteiger charge is 2.24. The molecule has 162 valence electrons. The van der Waals surface area contributed by atoms with Crippen molar-refractivity contribution < 1.29 is 13.2 Å². The molecule has 1 aliphatic rings. The SMILES string of the molecule is CN(C)c1ccc(C(=O)NCCc2ccc(S(=O)(=O)N3CCCCCC3)cc2)cc1. The number of hydrogen-bond donors (Lipinski definition) is 1. The summed E-state index contributed by atoms with van der Waals surface area (Å²) in [6.07, 6.45) is 4.68. The van der Waals surface area contributed by atoms with Gasteiger partial charge in [-0.2, -0.15) is 4.31 Å². The van der Waals surface area contributed by atoms with Crippen LogP contribution in [0, 0.1) is 0 Å². The van der Waals surface area contributed by atoms with Crippen LogP contribution < -0.4 is 10.2 Å². The highest BCUT2D eigenvalue weighted by atomic mass is 32.2. The topological polar surface area (TPSA) is 69.7 Å². The van der Waals surface area contributed by atoms with Crippen molar-refractivity contribution in [3.05, 3.63) is 59.7 Å². The van der Waals surface area contributed by atoms with Gasteiger partial charge in [-0.1, -0.05) is 25.0 Å². The lowest BCUT2D eigenvalue weighted by Crippen LogP contribution is -2.31. The Morgan fingerprint density at radius 1 is 0.933 bits per heavy atom.